The molecule has 5 nitrogen and oxygen atoms in total. The molecule has 0 atom stereocenters. The number of benzene rings is 1. The van der Waals surface area contributed by atoms with Gasteiger partial charge in [0.15, 0.2) is 15.7 Å². The highest BCUT2D eigenvalue weighted by atomic mass is 32.2. The van der Waals surface area contributed by atoms with E-state index in [9.17, 15) is 8.42 Å². The summed E-state index contributed by atoms with van der Waals surface area (Å²) < 4.78 is 23.7. The molecule has 0 aromatic heterocycles. The van der Waals surface area contributed by atoms with Crippen molar-refractivity contribution in [2.45, 2.75) is 11.8 Å². The first-order valence-corrected chi connectivity index (χ1v) is 6.30. The van der Waals surface area contributed by atoms with E-state index in [1.165, 1.54) is 14.2 Å². The molecule has 0 spiro atoms. The first-order valence-electron chi connectivity index (χ1n) is 4.65. The van der Waals surface area contributed by atoms with Crippen LogP contribution in [0.5, 0.6) is 0 Å². The second-order valence-electron chi connectivity index (χ2n) is 3.25. The summed E-state index contributed by atoms with van der Waals surface area (Å²) in [5, 5.41) is 0.898. The number of sulfone groups is 1. The lowest BCUT2D eigenvalue weighted by atomic mass is 10.2. The Morgan fingerprint density at radius 1 is 1.12 bits per heavy atom. The Hall–Kier alpha value is -0.950. The highest BCUT2D eigenvalue weighted by Gasteiger charge is 2.19. The second-order valence-corrected chi connectivity index (χ2v) is 5.21. The standard InChI is InChI=1S/C10H15NO4S/c1-9-4-6-10(7-5-9)16(12,13)8-11(14-2)15-3/h4-7H,8H2,1-3H3. The van der Waals surface area contributed by atoms with Crippen LogP contribution in [0.2, 0.25) is 0 Å². The normalized spacial score (nSPS) is 12.0. The number of nitrogens with zero attached hydrogens (tertiary/aromatic N) is 1. The molecule has 0 fully saturated rings. The lowest BCUT2D eigenvalue weighted by Crippen LogP contribution is -2.28. The fraction of sp³-hybridized carbons (Fsp3) is 0.400. The lowest BCUT2D eigenvalue weighted by Gasteiger charge is -2.16. The van der Waals surface area contributed by atoms with Gasteiger partial charge in [-0.2, -0.15) is 0 Å². The van der Waals surface area contributed by atoms with Crippen molar-refractivity contribution in [1.29, 1.82) is 0 Å². The molecule has 90 valence electrons. The third-order valence-electron chi connectivity index (χ3n) is 2.06. The van der Waals surface area contributed by atoms with Crippen LogP contribution in [0, 0.1) is 6.92 Å². The van der Waals surface area contributed by atoms with E-state index in [2.05, 4.69) is 0 Å². The molecule has 1 aromatic carbocycles. The SMILES string of the molecule is CON(CS(=O)(=O)c1ccc(C)cc1)OC. The predicted molar refractivity (Wildman–Crippen MR) is 59.1 cm³/mol. The van der Waals surface area contributed by atoms with Crippen molar-refractivity contribution in [3.05, 3.63) is 29.8 Å². The van der Waals surface area contributed by atoms with Gasteiger partial charge >= 0.3 is 0 Å². The first-order chi connectivity index (χ1) is 7.49. The highest BCUT2D eigenvalue weighted by Crippen LogP contribution is 2.13. The Labute approximate surface area is 95.4 Å². The van der Waals surface area contributed by atoms with Gasteiger partial charge < -0.3 is 0 Å². The molecule has 6 heteroatoms. The third-order valence-corrected chi connectivity index (χ3v) is 3.60. The number of hydrogen-bond acceptors (Lipinski definition) is 5. The minimum Gasteiger partial charge on any atom is -0.277 e. The monoisotopic (exact) mass is 245 g/mol. The first kappa shape index (κ1) is 13.1. The molecule has 0 aliphatic rings. The topological polar surface area (TPSA) is 55.8 Å². The molecule has 0 radical (unpaired) electrons. The predicted octanol–water partition coefficient (Wildman–Crippen LogP) is 1.15. The van der Waals surface area contributed by atoms with Crippen molar-refractivity contribution in [3.63, 3.8) is 0 Å². The van der Waals surface area contributed by atoms with Crippen molar-refractivity contribution in [2.75, 3.05) is 20.1 Å². The van der Waals surface area contributed by atoms with Crippen molar-refractivity contribution < 1.29 is 18.1 Å². The van der Waals surface area contributed by atoms with Gasteiger partial charge in [-0.15, -0.1) is 0 Å². The van der Waals surface area contributed by atoms with Gasteiger partial charge in [0.2, 0.25) is 0 Å². The molecular weight excluding hydrogens is 230 g/mol. The van der Waals surface area contributed by atoms with E-state index >= 15 is 0 Å². The van der Waals surface area contributed by atoms with Crippen LogP contribution in [-0.4, -0.2) is 33.7 Å². The molecular formula is C10H15NO4S. The summed E-state index contributed by atoms with van der Waals surface area (Å²) in [6.07, 6.45) is 0. The van der Waals surface area contributed by atoms with Gasteiger partial charge in [-0.3, -0.25) is 9.68 Å². The maximum Gasteiger partial charge on any atom is 0.196 e. The zero-order valence-electron chi connectivity index (χ0n) is 9.50. The van der Waals surface area contributed by atoms with E-state index in [0.29, 0.717) is 0 Å². The van der Waals surface area contributed by atoms with Crippen molar-refractivity contribution >= 4 is 9.84 Å². The van der Waals surface area contributed by atoms with Crippen LogP contribution in [0.4, 0.5) is 0 Å². The number of aryl methyl sites for hydroxylation is 1. The molecule has 1 aromatic rings. The highest BCUT2D eigenvalue weighted by molar-refractivity contribution is 7.91. The summed E-state index contributed by atoms with van der Waals surface area (Å²) in [7, 11) is -0.742. The molecule has 0 saturated carbocycles. The fourth-order valence-corrected chi connectivity index (χ4v) is 2.33. The minimum absolute atomic E-state index is 0.247. The van der Waals surface area contributed by atoms with E-state index < -0.39 is 9.84 Å². The molecule has 0 heterocycles. The molecule has 0 aliphatic heterocycles. The number of rotatable bonds is 5. The second kappa shape index (κ2) is 5.40. The van der Waals surface area contributed by atoms with Crippen LogP contribution in [0.1, 0.15) is 5.56 Å². The Balaban J connectivity index is 2.89. The van der Waals surface area contributed by atoms with Gasteiger partial charge in [-0.05, 0) is 19.1 Å². The van der Waals surface area contributed by atoms with E-state index in [4.69, 9.17) is 9.68 Å². The van der Waals surface area contributed by atoms with Crippen molar-refractivity contribution in [2.24, 2.45) is 0 Å². The Morgan fingerprint density at radius 3 is 2.06 bits per heavy atom. The van der Waals surface area contributed by atoms with Gasteiger partial charge in [0.25, 0.3) is 0 Å². The molecule has 16 heavy (non-hydrogen) atoms. The van der Waals surface area contributed by atoms with Crippen LogP contribution in [-0.2, 0) is 19.5 Å². The van der Waals surface area contributed by atoms with Crippen molar-refractivity contribution in [1.82, 2.24) is 5.23 Å². The maximum atomic E-state index is 11.9. The van der Waals surface area contributed by atoms with E-state index in [-0.39, 0.29) is 10.8 Å². The number of hydrogen-bond donors (Lipinski definition) is 0. The molecule has 0 amide bonds. The average molecular weight is 245 g/mol. The van der Waals surface area contributed by atoms with Gasteiger partial charge in [0, 0.05) is 0 Å². The van der Waals surface area contributed by atoms with Crippen molar-refractivity contribution in [3.8, 4) is 0 Å². The van der Waals surface area contributed by atoms with Crippen LogP contribution < -0.4 is 0 Å². The number of hydroxylamine groups is 2. The van der Waals surface area contributed by atoms with E-state index in [0.717, 1.165) is 10.8 Å². The summed E-state index contributed by atoms with van der Waals surface area (Å²) >= 11 is 0. The quantitative estimate of drug-likeness (QED) is 0.728. The maximum absolute atomic E-state index is 11.9. The summed E-state index contributed by atoms with van der Waals surface area (Å²) in [6, 6.07) is 6.62. The smallest absolute Gasteiger partial charge is 0.196 e. The molecule has 0 N–H and O–H groups in total. The molecule has 1 rings (SSSR count). The van der Waals surface area contributed by atoms with E-state index in [1.807, 2.05) is 6.92 Å². The molecule has 0 aliphatic carbocycles. The molecule has 0 bridgehead atoms. The van der Waals surface area contributed by atoms with Crippen LogP contribution in [0.3, 0.4) is 0 Å². The summed E-state index contributed by atoms with van der Waals surface area (Å²) in [6.45, 7) is 1.90. The summed E-state index contributed by atoms with van der Waals surface area (Å²) in [5.41, 5.74) is 1.01. The summed E-state index contributed by atoms with van der Waals surface area (Å²) in [4.78, 5) is 9.67. The Bertz CT molecular complexity index is 423. The zero-order valence-corrected chi connectivity index (χ0v) is 10.3. The van der Waals surface area contributed by atoms with Gasteiger partial charge in [-0.25, -0.2) is 8.42 Å². The van der Waals surface area contributed by atoms with Gasteiger partial charge in [-0.1, -0.05) is 22.9 Å². The van der Waals surface area contributed by atoms with Crippen LogP contribution in [0.15, 0.2) is 29.2 Å². The summed E-state index contributed by atoms with van der Waals surface area (Å²) in [5.74, 6) is -0.344. The molecule has 0 unspecified atom stereocenters. The minimum atomic E-state index is -3.42. The van der Waals surface area contributed by atoms with Crippen LogP contribution >= 0.6 is 0 Å². The zero-order chi connectivity index (χ0) is 12.2. The van der Waals surface area contributed by atoms with Gasteiger partial charge in [0.1, 0.15) is 0 Å². The third kappa shape index (κ3) is 3.28. The fourth-order valence-electron chi connectivity index (χ4n) is 1.14. The van der Waals surface area contributed by atoms with Crippen LogP contribution in [0.25, 0.3) is 0 Å². The largest absolute Gasteiger partial charge is 0.277 e. The lowest BCUT2D eigenvalue weighted by molar-refractivity contribution is -0.331. The Kier molecular flexibility index (Phi) is 4.43. The van der Waals surface area contributed by atoms with Gasteiger partial charge in [0.05, 0.1) is 19.1 Å². The average Bonchev–Trinajstić information content (AvgIpc) is 2.26. The van der Waals surface area contributed by atoms with E-state index in [1.54, 1.807) is 24.3 Å². The molecule has 0 saturated heterocycles. The Morgan fingerprint density at radius 2 is 1.62 bits per heavy atom.